The second kappa shape index (κ2) is 5.17. The van der Waals surface area contributed by atoms with Crippen molar-refractivity contribution in [3.05, 3.63) is 22.3 Å². The zero-order chi connectivity index (χ0) is 13.3. The summed E-state index contributed by atoms with van der Waals surface area (Å²) in [6.45, 7) is 3.15. The molecule has 0 aromatic carbocycles. The summed E-state index contributed by atoms with van der Waals surface area (Å²) in [5.74, 6) is 1.06. The number of hydrogen-bond acceptors (Lipinski definition) is 3. The van der Waals surface area contributed by atoms with Crippen LogP contribution in [0.2, 0.25) is 0 Å². The van der Waals surface area contributed by atoms with Gasteiger partial charge in [0.1, 0.15) is 5.82 Å². The summed E-state index contributed by atoms with van der Waals surface area (Å²) in [6.07, 6.45) is 5.82. The highest BCUT2D eigenvalue weighted by Crippen LogP contribution is 2.37. The average molecular weight is 312 g/mol. The zero-order valence-electron chi connectivity index (χ0n) is 11.7. The summed E-state index contributed by atoms with van der Waals surface area (Å²) in [7, 11) is 6.51. The molecular formula is C14H22BrN3. The van der Waals surface area contributed by atoms with E-state index in [1.807, 2.05) is 6.20 Å². The molecular weight excluding hydrogens is 290 g/mol. The first-order valence-corrected chi connectivity index (χ1v) is 7.25. The summed E-state index contributed by atoms with van der Waals surface area (Å²) in [4.78, 5) is 9.15. The Morgan fingerprint density at radius 1 is 1.33 bits per heavy atom. The molecule has 1 aliphatic carbocycles. The van der Waals surface area contributed by atoms with Crippen molar-refractivity contribution in [3.8, 4) is 0 Å². The van der Waals surface area contributed by atoms with Crippen LogP contribution in [0.25, 0.3) is 0 Å². The SMILES string of the molecule is Cc1cc(N(C)CC2(N(C)C)CCC2)ncc1Br. The molecule has 1 heterocycles. The van der Waals surface area contributed by atoms with E-state index >= 15 is 0 Å². The van der Waals surface area contributed by atoms with Crippen molar-refractivity contribution >= 4 is 21.7 Å². The van der Waals surface area contributed by atoms with Crippen molar-refractivity contribution in [1.82, 2.24) is 9.88 Å². The number of halogens is 1. The molecule has 18 heavy (non-hydrogen) atoms. The second-order valence-electron chi connectivity index (χ2n) is 5.62. The summed E-state index contributed by atoms with van der Waals surface area (Å²) < 4.78 is 1.07. The molecule has 0 N–H and O–H groups in total. The standard InChI is InChI=1S/C14H22BrN3/c1-11-8-13(16-9-12(11)15)18(4)10-14(17(2)3)6-5-7-14/h8-9H,5-7,10H2,1-4H3. The third kappa shape index (κ3) is 2.54. The van der Waals surface area contributed by atoms with E-state index in [1.165, 1.54) is 24.8 Å². The molecule has 0 amide bonds. The minimum Gasteiger partial charge on any atom is -0.358 e. The number of likely N-dealkylation sites (N-methyl/N-ethyl adjacent to an activating group) is 2. The van der Waals surface area contributed by atoms with E-state index < -0.39 is 0 Å². The molecule has 1 fully saturated rings. The largest absolute Gasteiger partial charge is 0.358 e. The van der Waals surface area contributed by atoms with E-state index in [0.717, 1.165) is 16.8 Å². The molecule has 1 aliphatic rings. The van der Waals surface area contributed by atoms with Gasteiger partial charge in [0.25, 0.3) is 0 Å². The Bertz CT molecular complexity index is 427. The Morgan fingerprint density at radius 3 is 2.44 bits per heavy atom. The lowest BCUT2D eigenvalue weighted by Crippen LogP contribution is -2.56. The first-order chi connectivity index (χ1) is 8.44. The number of nitrogens with zero attached hydrogens (tertiary/aromatic N) is 3. The highest BCUT2D eigenvalue weighted by molar-refractivity contribution is 9.10. The van der Waals surface area contributed by atoms with Crippen LogP contribution >= 0.6 is 15.9 Å². The van der Waals surface area contributed by atoms with E-state index in [9.17, 15) is 0 Å². The van der Waals surface area contributed by atoms with Gasteiger partial charge in [0.15, 0.2) is 0 Å². The fourth-order valence-corrected chi connectivity index (χ4v) is 2.80. The van der Waals surface area contributed by atoms with Gasteiger partial charge in [-0.05, 0) is 67.8 Å². The van der Waals surface area contributed by atoms with E-state index in [4.69, 9.17) is 0 Å². The molecule has 1 aromatic heterocycles. The average Bonchev–Trinajstić information content (AvgIpc) is 2.26. The molecule has 2 rings (SSSR count). The Morgan fingerprint density at radius 2 is 2.00 bits per heavy atom. The Balaban J connectivity index is 2.11. The van der Waals surface area contributed by atoms with Crippen LogP contribution in [-0.4, -0.2) is 43.1 Å². The van der Waals surface area contributed by atoms with Gasteiger partial charge < -0.3 is 9.80 Å². The van der Waals surface area contributed by atoms with Crippen LogP contribution in [0.4, 0.5) is 5.82 Å². The van der Waals surface area contributed by atoms with Crippen molar-refractivity contribution in [2.45, 2.75) is 31.7 Å². The van der Waals surface area contributed by atoms with Gasteiger partial charge >= 0.3 is 0 Å². The van der Waals surface area contributed by atoms with E-state index in [2.05, 4.69) is 64.8 Å². The first kappa shape index (κ1) is 13.8. The third-order valence-electron chi connectivity index (χ3n) is 4.19. The molecule has 0 saturated heterocycles. The molecule has 0 spiro atoms. The van der Waals surface area contributed by atoms with Gasteiger partial charge in [0, 0.05) is 29.8 Å². The molecule has 1 aromatic rings. The van der Waals surface area contributed by atoms with Crippen LogP contribution in [-0.2, 0) is 0 Å². The Hall–Kier alpha value is -0.610. The van der Waals surface area contributed by atoms with Gasteiger partial charge in [0.2, 0.25) is 0 Å². The summed E-state index contributed by atoms with van der Waals surface area (Å²) >= 11 is 3.50. The van der Waals surface area contributed by atoms with Gasteiger partial charge in [0.05, 0.1) is 0 Å². The van der Waals surface area contributed by atoms with Gasteiger partial charge in [-0.2, -0.15) is 0 Å². The van der Waals surface area contributed by atoms with Crippen LogP contribution in [0.15, 0.2) is 16.7 Å². The fourth-order valence-electron chi connectivity index (χ4n) is 2.59. The van der Waals surface area contributed by atoms with Crippen molar-refractivity contribution < 1.29 is 0 Å². The molecule has 0 atom stereocenters. The lowest BCUT2D eigenvalue weighted by molar-refractivity contribution is 0.0682. The van der Waals surface area contributed by atoms with E-state index in [1.54, 1.807) is 0 Å². The zero-order valence-corrected chi connectivity index (χ0v) is 13.3. The van der Waals surface area contributed by atoms with Crippen molar-refractivity contribution in [2.24, 2.45) is 0 Å². The normalized spacial score (nSPS) is 17.7. The first-order valence-electron chi connectivity index (χ1n) is 6.45. The maximum atomic E-state index is 4.50. The second-order valence-corrected chi connectivity index (χ2v) is 6.47. The smallest absolute Gasteiger partial charge is 0.128 e. The van der Waals surface area contributed by atoms with Gasteiger partial charge in [-0.3, -0.25) is 0 Å². The fraction of sp³-hybridized carbons (Fsp3) is 0.643. The maximum absolute atomic E-state index is 4.50. The highest BCUT2D eigenvalue weighted by Gasteiger charge is 2.40. The topological polar surface area (TPSA) is 19.4 Å². The van der Waals surface area contributed by atoms with Gasteiger partial charge in [-0.25, -0.2) is 4.98 Å². The molecule has 4 heteroatoms. The molecule has 3 nitrogen and oxygen atoms in total. The Kier molecular flexibility index (Phi) is 3.97. The van der Waals surface area contributed by atoms with E-state index in [-0.39, 0.29) is 0 Å². The van der Waals surface area contributed by atoms with Gasteiger partial charge in [-0.1, -0.05) is 0 Å². The van der Waals surface area contributed by atoms with E-state index in [0.29, 0.717) is 5.54 Å². The number of aromatic nitrogens is 1. The lowest BCUT2D eigenvalue weighted by atomic mass is 9.75. The van der Waals surface area contributed by atoms with Crippen molar-refractivity contribution in [3.63, 3.8) is 0 Å². The molecule has 0 aliphatic heterocycles. The maximum Gasteiger partial charge on any atom is 0.128 e. The van der Waals surface area contributed by atoms with Crippen LogP contribution in [0.5, 0.6) is 0 Å². The number of hydrogen-bond donors (Lipinski definition) is 0. The van der Waals surface area contributed by atoms with Crippen LogP contribution in [0, 0.1) is 6.92 Å². The number of rotatable bonds is 4. The summed E-state index contributed by atoms with van der Waals surface area (Å²) in [6, 6.07) is 2.14. The predicted octanol–water partition coefficient (Wildman–Crippen LogP) is 3.07. The van der Waals surface area contributed by atoms with Crippen molar-refractivity contribution in [2.75, 3.05) is 32.6 Å². The number of aryl methyl sites for hydroxylation is 1. The summed E-state index contributed by atoms with van der Waals surface area (Å²) in [5, 5.41) is 0. The Labute approximate surface area is 118 Å². The minimum atomic E-state index is 0.345. The quantitative estimate of drug-likeness (QED) is 0.852. The lowest BCUT2D eigenvalue weighted by Gasteiger charge is -2.49. The monoisotopic (exact) mass is 311 g/mol. The van der Waals surface area contributed by atoms with Crippen LogP contribution in [0.3, 0.4) is 0 Å². The third-order valence-corrected chi connectivity index (χ3v) is 5.02. The van der Waals surface area contributed by atoms with Crippen LogP contribution in [0.1, 0.15) is 24.8 Å². The number of pyridine rings is 1. The van der Waals surface area contributed by atoms with Crippen LogP contribution < -0.4 is 4.90 Å². The number of anilines is 1. The highest BCUT2D eigenvalue weighted by atomic mass is 79.9. The molecule has 1 saturated carbocycles. The minimum absolute atomic E-state index is 0.345. The van der Waals surface area contributed by atoms with Gasteiger partial charge in [-0.15, -0.1) is 0 Å². The molecule has 0 bridgehead atoms. The molecule has 100 valence electrons. The predicted molar refractivity (Wildman–Crippen MR) is 80.2 cm³/mol. The molecule has 0 unspecified atom stereocenters. The molecule has 0 radical (unpaired) electrons. The summed E-state index contributed by atoms with van der Waals surface area (Å²) in [5.41, 5.74) is 1.58. The van der Waals surface area contributed by atoms with Crippen molar-refractivity contribution in [1.29, 1.82) is 0 Å².